The van der Waals surface area contributed by atoms with Gasteiger partial charge >= 0.3 is 11.7 Å². The van der Waals surface area contributed by atoms with Crippen LogP contribution in [0.5, 0.6) is 0 Å². The van der Waals surface area contributed by atoms with Crippen molar-refractivity contribution in [1.29, 1.82) is 0 Å². The van der Waals surface area contributed by atoms with E-state index >= 15 is 0 Å². The van der Waals surface area contributed by atoms with Crippen LogP contribution in [0.1, 0.15) is 16.8 Å². The largest absolute Gasteiger partial charge is 0.323 e. The van der Waals surface area contributed by atoms with E-state index in [1.165, 1.54) is 12.1 Å². The predicted octanol–water partition coefficient (Wildman–Crippen LogP) is 3.30. The fourth-order valence-corrected chi connectivity index (χ4v) is 3.09. The van der Waals surface area contributed by atoms with Gasteiger partial charge in [0.1, 0.15) is 0 Å². The zero-order chi connectivity index (χ0) is 19.7. The maximum atomic E-state index is 12.7. The minimum absolute atomic E-state index is 0.0957. The molecule has 0 spiro atoms. The summed E-state index contributed by atoms with van der Waals surface area (Å²) in [5.41, 5.74) is 3.78. The van der Waals surface area contributed by atoms with E-state index in [-0.39, 0.29) is 11.5 Å². The van der Waals surface area contributed by atoms with Crippen molar-refractivity contribution in [1.82, 2.24) is 19.9 Å². The molecule has 0 saturated heterocycles. The number of nitrogens with zero attached hydrogens (tertiary/aromatic N) is 5. The Labute approximate surface area is 160 Å². The lowest BCUT2D eigenvalue weighted by molar-refractivity contribution is -0.384. The van der Waals surface area contributed by atoms with Crippen LogP contribution in [0.25, 0.3) is 11.3 Å². The topological polar surface area (TPSA) is 114 Å². The van der Waals surface area contributed by atoms with Crippen molar-refractivity contribution in [2.75, 3.05) is 5.32 Å². The zero-order valence-electron chi connectivity index (χ0n) is 15.0. The highest BCUT2D eigenvalue weighted by Crippen LogP contribution is 2.28. The first-order valence-corrected chi connectivity index (χ1v) is 8.57. The van der Waals surface area contributed by atoms with E-state index in [4.69, 9.17) is 0 Å². The number of amides is 2. The van der Waals surface area contributed by atoms with Gasteiger partial charge in [-0.1, -0.05) is 0 Å². The van der Waals surface area contributed by atoms with Crippen LogP contribution in [0, 0.1) is 17.0 Å². The number of nitro groups is 1. The molecule has 1 aliphatic heterocycles. The van der Waals surface area contributed by atoms with Gasteiger partial charge in [0.2, 0.25) is 5.82 Å². The summed E-state index contributed by atoms with van der Waals surface area (Å²) < 4.78 is 0. The molecule has 0 aliphatic carbocycles. The van der Waals surface area contributed by atoms with Gasteiger partial charge in [0.05, 0.1) is 10.6 Å². The average Bonchev–Trinajstić information content (AvgIpc) is 3.12. The molecule has 1 aliphatic rings. The third kappa shape index (κ3) is 3.37. The van der Waals surface area contributed by atoms with Gasteiger partial charge in [-0.3, -0.25) is 25.4 Å². The molecule has 3 aromatic rings. The van der Waals surface area contributed by atoms with Gasteiger partial charge in [0.15, 0.2) is 0 Å². The quantitative estimate of drug-likeness (QED) is 0.554. The van der Waals surface area contributed by atoms with Gasteiger partial charge in [-0.15, -0.1) is 0 Å². The van der Waals surface area contributed by atoms with Gasteiger partial charge in [-0.05, 0) is 42.3 Å². The molecule has 3 aromatic heterocycles. The van der Waals surface area contributed by atoms with Crippen molar-refractivity contribution >= 4 is 17.5 Å². The Kier molecular flexibility index (Phi) is 4.40. The summed E-state index contributed by atoms with van der Waals surface area (Å²) in [6.45, 7) is 2.70. The molecule has 9 nitrogen and oxygen atoms in total. The average molecular weight is 376 g/mol. The van der Waals surface area contributed by atoms with E-state index in [2.05, 4.69) is 20.3 Å². The number of hydrogen-bond donors (Lipinski definition) is 1. The molecule has 0 fully saturated rings. The monoisotopic (exact) mass is 376 g/mol. The van der Waals surface area contributed by atoms with Gasteiger partial charge in [-0.25, -0.2) is 9.78 Å². The van der Waals surface area contributed by atoms with Gasteiger partial charge in [0.25, 0.3) is 0 Å². The van der Waals surface area contributed by atoms with Crippen LogP contribution in [-0.2, 0) is 13.1 Å². The van der Waals surface area contributed by atoms with Crippen molar-refractivity contribution in [2.45, 2.75) is 20.0 Å². The molecule has 1 N–H and O–H groups in total. The third-order valence-electron chi connectivity index (χ3n) is 4.48. The maximum Gasteiger partial charge on any atom is 0.323 e. The number of rotatable bonds is 3. The summed E-state index contributed by atoms with van der Waals surface area (Å²) >= 11 is 0. The van der Waals surface area contributed by atoms with Crippen molar-refractivity contribution in [3.63, 3.8) is 0 Å². The summed E-state index contributed by atoms with van der Waals surface area (Å²) in [7, 11) is 0. The molecule has 0 atom stereocenters. The second kappa shape index (κ2) is 7.03. The van der Waals surface area contributed by atoms with Crippen LogP contribution in [0.15, 0.2) is 48.9 Å². The normalized spacial score (nSPS) is 12.5. The molecule has 9 heteroatoms. The molecule has 0 radical (unpaired) electrons. The SMILES string of the molecule is Cc1cc2c(cn1)CN(C(=O)Nc1nc(-c3cccnc3)ccc1[N+](=O)[O-])C2. The number of nitrogens with one attached hydrogen (secondary N) is 1. The Morgan fingerprint density at radius 3 is 2.79 bits per heavy atom. The van der Waals surface area contributed by atoms with Crippen LogP contribution in [0.2, 0.25) is 0 Å². The molecule has 0 unspecified atom stereocenters. The number of aromatic nitrogens is 3. The summed E-state index contributed by atoms with van der Waals surface area (Å²) in [5, 5.41) is 14.0. The third-order valence-corrected chi connectivity index (χ3v) is 4.48. The number of pyridine rings is 3. The Balaban J connectivity index is 1.60. The molecule has 2 amide bonds. The molecule has 4 heterocycles. The van der Waals surface area contributed by atoms with Crippen LogP contribution in [0.3, 0.4) is 0 Å². The fraction of sp³-hybridized carbons (Fsp3) is 0.158. The predicted molar refractivity (Wildman–Crippen MR) is 101 cm³/mol. The summed E-state index contributed by atoms with van der Waals surface area (Å²) in [6, 6.07) is 7.88. The van der Waals surface area contributed by atoms with E-state index in [0.717, 1.165) is 16.8 Å². The first-order chi connectivity index (χ1) is 13.5. The number of fused-ring (bicyclic) bond motifs is 1. The van der Waals surface area contributed by atoms with E-state index < -0.39 is 11.0 Å². The Morgan fingerprint density at radius 2 is 2.04 bits per heavy atom. The zero-order valence-corrected chi connectivity index (χ0v) is 15.0. The minimum atomic E-state index is -0.568. The smallest absolute Gasteiger partial charge is 0.316 e. The number of hydrogen-bond acceptors (Lipinski definition) is 6. The molecule has 0 bridgehead atoms. The Bertz CT molecular complexity index is 1070. The van der Waals surface area contributed by atoms with Gasteiger partial charge < -0.3 is 4.90 Å². The van der Waals surface area contributed by atoms with E-state index in [9.17, 15) is 14.9 Å². The van der Waals surface area contributed by atoms with Crippen LogP contribution in [-0.4, -0.2) is 30.8 Å². The molecular formula is C19H16N6O3. The lowest BCUT2D eigenvalue weighted by Gasteiger charge is -2.16. The van der Waals surface area contributed by atoms with Crippen molar-refractivity contribution in [3.8, 4) is 11.3 Å². The number of carbonyl (C=O) groups is 1. The first kappa shape index (κ1) is 17.5. The van der Waals surface area contributed by atoms with Crippen molar-refractivity contribution in [2.24, 2.45) is 0 Å². The Hall–Kier alpha value is -3.88. The van der Waals surface area contributed by atoms with Crippen LogP contribution >= 0.6 is 0 Å². The highest BCUT2D eigenvalue weighted by Gasteiger charge is 2.26. The fourth-order valence-electron chi connectivity index (χ4n) is 3.09. The molecule has 0 aromatic carbocycles. The Morgan fingerprint density at radius 1 is 1.21 bits per heavy atom. The molecule has 0 saturated carbocycles. The second-order valence-corrected chi connectivity index (χ2v) is 6.44. The van der Waals surface area contributed by atoms with Gasteiger partial charge in [-0.2, -0.15) is 0 Å². The number of aryl methyl sites for hydroxylation is 1. The summed E-state index contributed by atoms with van der Waals surface area (Å²) in [6.07, 6.45) is 4.98. The summed E-state index contributed by atoms with van der Waals surface area (Å²) in [5.74, 6) is -0.0957. The second-order valence-electron chi connectivity index (χ2n) is 6.44. The lowest BCUT2D eigenvalue weighted by Crippen LogP contribution is -2.30. The standard InChI is InChI=1S/C19H16N6O3/c1-12-7-14-10-24(11-15(14)9-21-12)19(26)23-18-17(25(27)28)5-4-16(22-18)13-3-2-6-20-8-13/h2-9H,10-11H2,1H3,(H,22,23,26). The van der Waals surface area contributed by atoms with E-state index in [1.807, 2.05) is 13.0 Å². The van der Waals surface area contributed by atoms with Crippen molar-refractivity contribution < 1.29 is 9.72 Å². The highest BCUT2D eigenvalue weighted by molar-refractivity contribution is 5.91. The van der Waals surface area contributed by atoms with Crippen molar-refractivity contribution in [3.05, 3.63) is 75.9 Å². The van der Waals surface area contributed by atoms with Crippen LogP contribution < -0.4 is 5.32 Å². The molecule has 140 valence electrons. The number of urea groups is 1. The molecule has 4 rings (SSSR count). The number of carbonyl (C=O) groups excluding carboxylic acids is 1. The van der Waals surface area contributed by atoms with Gasteiger partial charge in [0, 0.05) is 49.0 Å². The minimum Gasteiger partial charge on any atom is -0.316 e. The van der Waals surface area contributed by atoms with E-state index in [0.29, 0.717) is 24.3 Å². The molecule has 28 heavy (non-hydrogen) atoms. The summed E-state index contributed by atoms with van der Waals surface area (Å²) in [4.78, 5) is 37.6. The first-order valence-electron chi connectivity index (χ1n) is 8.57. The lowest BCUT2D eigenvalue weighted by atomic mass is 10.2. The highest BCUT2D eigenvalue weighted by atomic mass is 16.6. The number of anilines is 1. The maximum absolute atomic E-state index is 12.7. The molecular weight excluding hydrogens is 360 g/mol. The van der Waals surface area contributed by atoms with E-state index in [1.54, 1.807) is 35.6 Å². The van der Waals surface area contributed by atoms with Crippen LogP contribution in [0.4, 0.5) is 16.3 Å².